The summed E-state index contributed by atoms with van der Waals surface area (Å²) in [5, 5.41) is 5.72. The Balaban J connectivity index is 1.58. The molecule has 0 heterocycles. The molecule has 0 saturated carbocycles. The molecule has 2 amide bonds. The lowest BCUT2D eigenvalue weighted by molar-refractivity contribution is -0.122. The largest absolute Gasteiger partial charge is 0.497 e. The van der Waals surface area contributed by atoms with Gasteiger partial charge in [-0.25, -0.2) is 0 Å². The van der Waals surface area contributed by atoms with E-state index < -0.39 is 6.10 Å². The molecule has 3 aromatic carbocycles. The maximum atomic E-state index is 12.5. The van der Waals surface area contributed by atoms with E-state index in [2.05, 4.69) is 10.6 Å². The maximum Gasteiger partial charge on any atom is 0.265 e. The van der Waals surface area contributed by atoms with Crippen LogP contribution in [-0.2, 0) is 4.79 Å². The topological polar surface area (TPSA) is 76.7 Å². The van der Waals surface area contributed by atoms with E-state index in [1.165, 1.54) is 0 Å². The number of hydrogen-bond donors (Lipinski definition) is 2. The molecule has 0 aromatic heterocycles. The summed E-state index contributed by atoms with van der Waals surface area (Å²) >= 11 is 0. The van der Waals surface area contributed by atoms with Crippen molar-refractivity contribution in [2.45, 2.75) is 26.9 Å². The van der Waals surface area contributed by atoms with Gasteiger partial charge in [0.15, 0.2) is 6.10 Å². The van der Waals surface area contributed by atoms with Gasteiger partial charge < -0.3 is 20.1 Å². The van der Waals surface area contributed by atoms with Crippen molar-refractivity contribution in [2.24, 2.45) is 0 Å². The summed E-state index contributed by atoms with van der Waals surface area (Å²) in [6.45, 7) is 5.64. The molecule has 6 nitrogen and oxygen atoms in total. The molecule has 6 heteroatoms. The zero-order chi connectivity index (χ0) is 22.4. The van der Waals surface area contributed by atoms with Crippen molar-refractivity contribution in [3.63, 3.8) is 0 Å². The second-order valence-corrected chi connectivity index (χ2v) is 7.20. The number of amides is 2. The smallest absolute Gasteiger partial charge is 0.265 e. The lowest BCUT2D eigenvalue weighted by Gasteiger charge is -2.15. The molecule has 0 aliphatic rings. The number of anilines is 2. The number of methoxy groups -OCH3 is 1. The second kappa shape index (κ2) is 9.80. The van der Waals surface area contributed by atoms with E-state index in [9.17, 15) is 9.59 Å². The van der Waals surface area contributed by atoms with E-state index >= 15 is 0 Å². The van der Waals surface area contributed by atoms with Gasteiger partial charge >= 0.3 is 0 Å². The summed E-state index contributed by atoms with van der Waals surface area (Å²) < 4.78 is 10.8. The number of carbonyl (C=O) groups is 2. The summed E-state index contributed by atoms with van der Waals surface area (Å²) in [7, 11) is 1.59. The SMILES string of the molecule is COc1ccc(NC(=O)[C@H](C)Oc2ccc(C(=O)Nc3cccc(C)c3C)cc2)cc1. The molecule has 0 bridgehead atoms. The Morgan fingerprint density at radius 1 is 0.839 bits per heavy atom. The average Bonchev–Trinajstić information content (AvgIpc) is 2.77. The van der Waals surface area contributed by atoms with Gasteiger partial charge in [0.2, 0.25) is 0 Å². The van der Waals surface area contributed by atoms with E-state index in [1.807, 2.05) is 32.0 Å². The Labute approximate surface area is 182 Å². The molecule has 31 heavy (non-hydrogen) atoms. The molecule has 0 unspecified atom stereocenters. The molecular weight excluding hydrogens is 392 g/mol. The van der Waals surface area contributed by atoms with Crippen LogP contribution in [-0.4, -0.2) is 25.0 Å². The molecule has 2 N–H and O–H groups in total. The van der Waals surface area contributed by atoms with Gasteiger partial charge in [0.1, 0.15) is 11.5 Å². The first-order chi connectivity index (χ1) is 14.9. The highest BCUT2D eigenvalue weighted by molar-refractivity contribution is 6.04. The average molecular weight is 418 g/mol. The van der Waals surface area contributed by atoms with Crippen LogP contribution in [0.5, 0.6) is 11.5 Å². The van der Waals surface area contributed by atoms with E-state index in [4.69, 9.17) is 9.47 Å². The first-order valence-electron chi connectivity index (χ1n) is 9.96. The number of benzene rings is 3. The molecule has 3 rings (SSSR count). The Morgan fingerprint density at radius 2 is 1.48 bits per heavy atom. The van der Waals surface area contributed by atoms with Gasteiger partial charge in [-0.05, 0) is 86.5 Å². The molecule has 0 aliphatic heterocycles. The van der Waals surface area contributed by atoms with Gasteiger partial charge in [0.25, 0.3) is 11.8 Å². The van der Waals surface area contributed by atoms with Crippen LogP contribution in [0.2, 0.25) is 0 Å². The number of rotatable bonds is 7. The zero-order valence-electron chi connectivity index (χ0n) is 18.1. The Kier molecular flexibility index (Phi) is 6.92. The van der Waals surface area contributed by atoms with Gasteiger partial charge in [-0.15, -0.1) is 0 Å². The summed E-state index contributed by atoms with van der Waals surface area (Å²) in [6.07, 6.45) is -0.711. The van der Waals surface area contributed by atoms with E-state index in [0.717, 1.165) is 16.8 Å². The standard InChI is InChI=1S/C25H26N2O4/c1-16-6-5-7-23(17(16)2)27-25(29)19-8-12-22(13-9-19)31-18(3)24(28)26-20-10-14-21(30-4)15-11-20/h5-15,18H,1-4H3,(H,26,28)(H,27,29)/t18-/m0/s1. The van der Waals surface area contributed by atoms with Crippen LogP contribution in [0.15, 0.2) is 66.7 Å². The number of carbonyl (C=O) groups excluding carboxylic acids is 2. The fourth-order valence-corrected chi connectivity index (χ4v) is 2.94. The predicted octanol–water partition coefficient (Wildman–Crippen LogP) is 4.97. The lowest BCUT2D eigenvalue weighted by Crippen LogP contribution is -2.30. The highest BCUT2D eigenvalue weighted by Crippen LogP contribution is 2.20. The summed E-state index contributed by atoms with van der Waals surface area (Å²) in [6, 6.07) is 19.5. The number of aryl methyl sites for hydroxylation is 1. The number of hydrogen-bond acceptors (Lipinski definition) is 4. The molecule has 0 aliphatic carbocycles. The minimum atomic E-state index is -0.711. The van der Waals surface area contributed by atoms with Crippen LogP contribution in [0.1, 0.15) is 28.4 Å². The molecule has 0 radical (unpaired) electrons. The minimum Gasteiger partial charge on any atom is -0.497 e. The first kappa shape index (κ1) is 21.9. The van der Waals surface area contributed by atoms with Crippen LogP contribution in [0.25, 0.3) is 0 Å². The van der Waals surface area contributed by atoms with E-state index in [-0.39, 0.29) is 11.8 Å². The number of nitrogens with one attached hydrogen (secondary N) is 2. The van der Waals surface area contributed by atoms with Gasteiger partial charge in [-0.2, -0.15) is 0 Å². The number of ether oxygens (including phenoxy) is 2. The Hall–Kier alpha value is -3.80. The molecule has 3 aromatic rings. The summed E-state index contributed by atoms with van der Waals surface area (Å²) in [5.74, 6) is 0.733. The molecule has 160 valence electrons. The molecule has 1 atom stereocenters. The first-order valence-corrected chi connectivity index (χ1v) is 9.96. The highest BCUT2D eigenvalue weighted by Gasteiger charge is 2.16. The monoisotopic (exact) mass is 418 g/mol. The normalized spacial score (nSPS) is 11.4. The fraction of sp³-hybridized carbons (Fsp3) is 0.200. The Bertz CT molecular complexity index is 1060. The van der Waals surface area contributed by atoms with Crippen LogP contribution in [0.3, 0.4) is 0 Å². The molecule has 0 fully saturated rings. The van der Waals surface area contributed by atoms with Gasteiger partial charge in [-0.3, -0.25) is 9.59 Å². The highest BCUT2D eigenvalue weighted by atomic mass is 16.5. The van der Waals surface area contributed by atoms with Crippen molar-refractivity contribution in [1.82, 2.24) is 0 Å². The van der Waals surface area contributed by atoms with Gasteiger partial charge in [0.05, 0.1) is 7.11 Å². The second-order valence-electron chi connectivity index (χ2n) is 7.20. The fourth-order valence-electron chi connectivity index (χ4n) is 2.94. The maximum absolute atomic E-state index is 12.5. The van der Waals surface area contributed by atoms with E-state index in [1.54, 1.807) is 62.6 Å². The minimum absolute atomic E-state index is 0.203. The van der Waals surface area contributed by atoms with Crippen LogP contribution >= 0.6 is 0 Å². The van der Waals surface area contributed by atoms with Gasteiger partial charge in [-0.1, -0.05) is 12.1 Å². The molecule has 0 saturated heterocycles. The molecular formula is C25H26N2O4. The van der Waals surface area contributed by atoms with Crippen molar-refractivity contribution < 1.29 is 19.1 Å². The van der Waals surface area contributed by atoms with Crippen molar-refractivity contribution >= 4 is 23.2 Å². The predicted molar refractivity (Wildman–Crippen MR) is 122 cm³/mol. The lowest BCUT2D eigenvalue weighted by atomic mass is 10.1. The van der Waals surface area contributed by atoms with E-state index in [0.29, 0.717) is 22.7 Å². The third kappa shape index (κ3) is 5.63. The Morgan fingerprint density at radius 3 is 2.13 bits per heavy atom. The zero-order valence-corrected chi connectivity index (χ0v) is 18.1. The van der Waals surface area contributed by atoms with Crippen LogP contribution in [0, 0.1) is 13.8 Å². The molecule has 0 spiro atoms. The van der Waals surface area contributed by atoms with Crippen molar-refractivity contribution in [2.75, 3.05) is 17.7 Å². The summed E-state index contributed by atoms with van der Waals surface area (Å²) in [5.41, 5.74) is 4.09. The third-order valence-electron chi connectivity index (χ3n) is 5.01. The quantitative estimate of drug-likeness (QED) is 0.568. The van der Waals surface area contributed by atoms with Crippen molar-refractivity contribution in [3.8, 4) is 11.5 Å². The summed E-state index contributed by atoms with van der Waals surface area (Å²) in [4.78, 5) is 24.9. The van der Waals surface area contributed by atoms with Crippen molar-refractivity contribution in [3.05, 3.63) is 83.4 Å². The van der Waals surface area contributed by atoms with Crippen LogP contribution in [0.4, 0.5) is 11.4 Å². The van der Waals surface area contributed by atoms with Crippen LogP contribution < -0.4 is 20.1 Å². The van der Waals surface area contributed by atoms with Gasteiger partial charge in [0, 0.05) is 16.9 Å². The third-order valence-corrected chi connectivity index (χ3v) is 5.01. The van der Waals surface area contributed by atoms with Crippen molar-refractivity contribution in [1.29, 1.82) is 0 Å².